The Balaban J connectivity index is 1.05. The number of carbonyl (C=O) groups excluding carboxylic acids is 3. The van der Waals surface area contributed by atoms with Gasteiger partial charge in [0.1, 0.15) is 36.8 Å². The van der Waals surface area contributed by atoms with Crippen LogP contribution in [0.25, 0.3) is 11.1 Å². The molecule has 2 heterocycles. The number of carbonyl (C=O) groups is 4. The Labute approximate surface area is 290 Å². The van der Waals surface area contributed by atoms with E-state index in [9.17, 15) is 39.3 Å². The molecular formula is C36H35N5O10. The molecule has 1 aromatic heterocycles. The summed E-state index contributed by atoms with van der Waals surface area (Å²) in [6, 6.07) is 23.8. The summed E-state index contributed by atoms with van der Waals surface area (Å²) in [5.41, 5.74) is 3.52. The second kappa shape index (κ2) is 15.3. The normalized spacial score (nSPS) is 19.7. The van der Waals surface area contributed by atoms with E-state index in [1.54, 1.807) is 30.3 Å². The maximum absolute atomic E-state index is 13.2. The molecule has 0 saturated carbocycles. The van der Waals surface area contributed by atoms with Crippen molar-refractivity contribution >= 4 is 29.7 Å². The molecule has 1 aliphatic heterocycles. The Kier molecular flexibility index (Phi) is 10.5. The van der Waals surface area contributed by atoms with Gasteiger partial charge in [0.15, 0.2) is 6.23 Å². The zero-order valence-electron chi connectivity index (χ0n) is 27.0. The van der Waals surface area contributed by atoms with Crippen LogP contribution in [0.4, 0.5) is 10.6 Å². The number of nitrogens with zero attached hydrogens (tertiary/aromatic N) is 2. The topological polar surface area (TPSA) is 218 Å². The highest BCUT2D eigenvalue weighted by molar-refractivity contribution is 6.03. The van der Waals surface area contributed by atoms with Crippen molar-refractivity contribution < 1.29 is 44.0 Å². The maximum atomic E-state index is 13.2. The molecular weight excluding hydrogens is 662 g/mol. The standard InChI is InChI=1S/C36H35N5O10/c42-29(43)15-14-26(38-36(49)50-19-25-23-12-6-4-10-21(23)22-11-5-7-13-24(22)25)33(47)37-18-27-30(44)31(45)34(51-27)41-17-16-28(40-35(41)48)39-32(46)20-8-2-1-3-9-20/h1-13,16-17,25-27,30-31,34,44-45H,14-15,18-19H2,(H,37,47)(H,38,49)(H,42,43)(H,39,40,46,48)/t26-,27+,30+,31+,34+/m0/s1. The van der Waals surface area contributed by atoms with Crippen LogP contribution in [0, 0.1) is 0 Å². The first-order valence-corrected chi connectivity index (χ1v) is 16.2. The molecule has 0 radical (unpaired) electrons. The van der Waals surface area contributed by atoms with E-state index in [4.69, 9.17) is 9.47 Å². The lowest BCUT2D eigenvalue weighted by atomic mass is 9.98. The summed E-state index contributed by atoms with van der Waals surface area (Å²) in [6.07, 6.45) is -6.13. The summed E-state index contributed by atoms with van der Waals surface area (Å²) in [4.78, 5) is 66.5. The Bertz CT molecular complexity index is 1940. The number of carboxylic acid groups (broad SMARTS) is 1. The summed E-state index contributed by atoms with van der Waals surface area (Å²) in [6.45, 7) is -0.389. The molecule has 5 atom stereocenters. The third-order valence-electron chi connectivity index (χ3n) is 8.80. The number of amides is 3. The number of benzene rings is 3. The van der Waals surface area contributed by atoms with E-state index in [1.165, 1.54) is 12.3 Å². The Hall–Kier alpha value is -5.90. The van der Waals surface area contributed by atoms with Gasteiger partial charge >= 0.3 is 17.8 Å². The van der Waals surface area contributed by atoms with Gasteiger partial charge in [-0.3, -0.25) is 19.0 Å². The van der Waals surface area contributed by atoms with E-state index in [-0.39, 0.29) is 31.3 Å². The fraction of sp³-hybridized carbons (Fsp3) is 0.278. The van der Waals surface area contributed by atoms with Crippen molar-refractivity contribution in [1.82, 2.24) is 20.2 Å². The molecule has 3 aromatic carbocycles. The highest BCUT2D eigenvalue weighted by atomic mass is 16.6. The largest absolute Gasteiger partial charge is 0.481 e. The number of anilines is 1. The highest BCUT2D eigenvalue weighted by Gasteiger charge is 2.44. The molecule has 0 bridgehead atoms. The molecule has 2 aliphatic rings. The molecule has 1 aliphatic carbocycles. The zero-order chi connectivity index (χ0) is 36.1. The summed E-state index contributed by atoms with van der Waals surface area (Å²) in [5, 5.41) is 38.1. The number of aliphatic carboxylic acids is 1. The van der Waals surface area contributed by atoms with Crippen molar-refractivity contribution in [1.29, 1.82) is 0 Å². The van der Waals surface area contributed by atoms with Crippen LogP contribution in [0.5, 0.6) is 0 Å². The lowest BCUT2D eigenvalue weighted by molar-refractivity contribution is -0.137. The third kappa shape index (κ3) is 7.80. The van der Waals surface area contributed by atoms with Crippen molar-refractivity contribution in [3.05, 3.63) is 118 Å². The number of aliphatic hydroxyl groups excluding tert-OH is 2. The van der Waals surface area contributed by atoms with Gasteiger partial charge in [-0.25, -0.2) is 9.59 Å². The van der Waals surface area contributed by atoms with Crippen molar-refractivity contribution in [2.75, 3.05) is 18.5 Å². The summed E-state index contributed by atoms with van der Waals surface area (Å²) in [7, 11) is 0. The molecule has 51 heavy (non-hydrogen) atoms. The van der Waals surface area contributed by atoms with Gasteiger partial charge in [0.05, 0.1) is 0 Å². The van der Waals surface area contributed by atoms with Crippen LogP contribution in [0.15, 0.2) is 95.9 Å². The minimum absolute atomic E-state index is 0.0247. The minimum atomic E-state index is -1.60. The first-order chi connectivity index (χ1) is 24.6. The Morgan fingerprint density at radius 1 is 0.882 bits per heavy atom. The van der Waals surface area contributed by atoms with Crippen LogP contribution in [0.1, 0.15) is 46.5 Å². The van der Waals surface area contributed by atoms with Crippen LogP contribution >= 0.6 is 0 Å². The molecule has 1 fully saturated rings. The molecule has 4 aromatic rings. The van der Waals surface area contributed by atoms with E-state index in [0.29, 0.717) is 5.56 Å². The second-order valence-corrected chi connectivity index (χ2v) is 12.1. The number of alkyl carbamates (subject to hydrolysis) is 1. The number of ether oxygens (including phenoxy) is 2. The van der Waals surface area contributed by atoms with Gasteiger partial charge in [-0.15, -0.1) is 0 Å². The summed E-state index contributed by atoms with van der Waals surface area (Å²) >= 11 is 0. The minimum Gasteiger partial charge on any atom is -0.481 e. The van der Waals surface area contributed by atoms with Crippen LogP contribution in [0.3, 0.4) is 0 Å². The lowest BCUT2D eigenvalue weighted by Crippen LogP contribution is -2.50. The van der Waals surface area contributed by atoms with Gasteiger partial charge in [-0.2, -0.15) is 4.98 Å². The predicted molar refractivity (Wildman–Crippen MR) is 181 cm³/mol. The number of fused-ring (bicyclic) bond motifs is 3. The molecule has 6 rings (SSSR count). The predicted octanol–water partition coefficient (Wildman–Crippen LogP) is 2.00. The molecule has 264 valence electrons. The number of aromatic nitrogens is 2. The van der Waals surface area contributed by atoms with Crippen molar-refractivity contribution in [3.8, 4) is 11.1 Å². The number of carboxylic acids is 1. The Morgan fingerprint density at radius 2 is 1.53 bits per heavy atom. The van der Waals surface area contributed by atoms with Crippen molar-refractivity contribution in [2.24, 2.45) is 0 Å². The molecule has 15 nitrogen and oxygen atoms in total. The van der Waals surface area contributed by atoms with Gasteiger partial charge < -0.3 is 40.7 Å². The molecule has 1 saturated heterocycles. The molecule has 15 heteroatoms. The molecule has 6 N–H and O–H groups in total. The quantitative estimate of drug-likeness (QED) is 0.126. The fourth-order valence-corrected chi connectivity index (χ4v) is 6.23. The number of hydrogen-bond acceptors (Lipinski definition) is 10. The third-order valence-corrected chi connectivity index (χ3v) is 8.80. The number of aliphatic hydroxyl groups is 2. The SMILES string of the molecule is O=C(O)CC[C@H](NC(=O)OCC1c2ccccc2-c2ccccc21)C(=O)NC[C@H]1O[C@@H](n2ccc(NC(=O)c3ccccc3)nc2=O)[C@H](O)[C@@H]1O. The summed E-state index contributed by atoms with van der Waals surface area (Å²) in [5.74, 6) is -2.73. The van der Waals surface area contributed by atoms with Gasteiger partial charge in [-0.1, -0.05) is 66.7 Å². The van der Waals surface area contributed by atoms with E-state index in [2.05, 4.69) is 20.9 Å². The average Bonchev–Trinajstić information content (AvgIpc) is 3.60. The van der Waals surface area contributed by atoms with E-state index in [1.807, 2.05) is 48.5 Å². The Morgan fingerprint density at radius 3 is 2.18 bits per heavy atom. The molecule has 0 spiro atoms. The van der Waals surface area contributed by atoms with Crippen LogP contribution in [0.2, 0.25) is 0 Å². The van der Waals surface area contributed by atoms with Gasteiger partial charge in [0.25, 0.3) is 5.91 Å². The van der Waals surface area contributed by atoms with Gasteiger partial charge in [-0.05, 0) is 46.9 Å². The monoisotopic (exact) mass is 697 g/mol. The van der Waals surface area contributed by atoms with Gasteiger partial charge in [0.2, 0.25) is 5.91 Å². The van der Waals surface area contributed by atoms with Crippen molar-refractivity contribution in [2.45, 2.75) is 49.3 Å². The highest BCUT2D eigenvalue weighted by Crippen LogP contribution is 2.44. The first-order valence-electron chi connectivity index (χ1n) is 16.2. The number of nitrogens with one attached hydrogen (secondary N) is 3. The van der Waals surface area contributed by atoms with Gasteiger partial charge in [0, 0.05) is 30.6 Å². The smallest absolute Gasteiger partial charge is 0.407 e. The number of hydrogen-bond donors (Lipinski definition) is 6. The van der Waals surface area contributed by atoms with E-state index < -0.39 is 66.6 Å². The van der Waals surface area contributed by atoms with Crippen molar-refractivity contribution in [3.63, 3.8) is 0 Å². The van der Waals surface area contributed by atoms with Crippen LogP contribution in [-0.4, -0.2) is 86.3 Å². The molecule has 0 unspecified atom stereocenters. The van der Waals surface area contributed by atoms with Crippen LogP contribution < -0.4 is 21.6 Å². The maximum Gasteiger partial charge on any atom is 0.407 e. The zero-order valence-corrected chi connectivity index (χ0v) is 27.0. The molecule has 3 amide bonds. The fourth-order valence-electron chi connectivity index (χ4n) is 6.23. The van der Waals surface area contributed by atoms with Crippen LogP contribution in [-0.2, 0) is 19.1 Å². The second-order valence-electron chi connectivity index (χ2n) is 12.1. The average molecular weight is 698 g/mol. The lowest BCUT2D eigenvalue weighted by Gasteiger charge is -2.21. The first kappa shape index (κ1) is 34.9. The summed E-state index contributed by atoms with van der Waals surface area (Å²) < 4.78 is 12.2. The van der Waals surface area contributed by atoms with E-state index >= 15 is 0 Å². The van der Waals surface area contributed by atoms with E-state index in [0.717, 1.165) is 26.8 Å². The number of rotatable bonds is 12.